The van der Waals surface area contributed by atoms with Crippen molar-refractivity contribution in [1.82, 2.24) is 15.5 Å². The lowest BCUT2D eigenvalue weighted by Gasteiger charge is -2.19. The van der Waals surface area contributed by atoms with Crippen molar-refractivity contribution in [2.24, 2.45) is 0 Å². The monoisotopic (exact) mass is 526 g/mol. The van der Waals surface area contributed by atoms with Crippen LogP contribution in [0.25, 0.3) is 22.8 Å². The Morgan fingerprint density at radius 2 is 1.51 bits per heavy atom. The molecule has 0 saturated carbocycles. The fourth-order valence-corrected chi connectivity index (χ4v) is 3.95. The number of nitrogens with zero attached hydrogens (tertiary/aromatic N) is 2. The molecule has 1 atom stereocenters. The predicted octanol–water partition coefficient (Wildman–Crippen LogP) is 5.09. The number of aliphatic carboxylic acids is 1. The van der Waals surface area contributed by atoms with Crippen LogP contribution in [0.3, 0.4) is 0 Å². The van der Waals surface area contributed by atoms with Crippen LogP contribution in [0.2, 0.25) is 0 Å². The molecule has 3 aromatic carbocycles. The van der Waals surface area contributed by atoms with Gasteiger partial charge in [0.05, 0.1) is 0 Å². The minimum absolute atomic E-state index is 0.0475. The van der Waals surface area contributed by atoms with E-state index in [4.69, 9.17) is 4.52 Å². The van der Waals surface area contributed by atoms with Crippen LogP contribution in [0.1, 0.15) is 49.2 Å². The number of hydrogen-bond donors (Lipinski definition) is 3. The molecule has 0 bridgehead atoms. The Morgan fingerprint density at radius 1 is 0.897 bits per heavy atom. The molecule has 4 aromatic rings. The van der Waals surface area contributed by atoms with Crippen molar-refractivity contribution < 1.29 is 24.0 Å². The summed E-state index contributed by atoms with van der Waals surface area (Å²) >= 11 is 0. The molecular formula is C30H30N4O5. The van der Waals surface area contributed by atoms with Crippen molar-refractivity contribution in [1.29, 1.82) is 0 Å². The zero-order valence-electron chi connectivity index (χ0n) is 22.2. The first-order chi connectivity index (χ1) is 18.5. The van der Waals surface area contributed by atoms with Crippen molar-refractivity contribution in [3.05, 3.63) is 89.5 Å². The van der Waals surface area contributed by atoms with Gasteiger partial charge in [0.25, 0.3) is 11.8 Å². The van der Waals surface area contributed by atoms with E-state index in [1.807, 2.05) is 12.1 Å². The zero-order chi connectivity index (χ0) is 28.2. The highest BCUT2D eigenvalue weighted by Gasteiger charge is 2.22. The SMILES string of the molecule is CC(=O)Nc1ccc(-c2nc(-c3ccc(CC(NC(=O)c4ccc(C(C)(C)C)cc4)C(=O)O)cc3)no2)cc1. The molecule has 0 aliphatic heterocycles. The van der Waals surface area contributed by atoms with Crippen molar-refractivity contribution >= 4 is 23.5 Å². The molecule has 2 amide bonds. The third-order valence-corrected chi connectivity index (χ3v) is 6.15. The maximum absolute atomic E-state index is 12.7. The number of hydrogen-bond acceptors (Lipinski definition) is 6. The molecule has 0 radical (unpaired) electrons. The molecule has 0 aliphatic rings. The lowest BCUT2D eigenvalue weighted by atomic mass is 9.86. The maximum Gasteiger partial charge on any atom is 0.326 e. The van der Waals surface area contributed by atoms with Gasteiger partial charge in [-0.15, -0.1) is 0 Å². The minimum atomic E-state index is -1.12. The van der Waals surface area contributed by atoms with E-state index in [2.05, 4.69) is 41.5 Å². The van der Waals surface area contributed by atoms with Crippen LogP contribution in [-0.4, -0.2) is 39.1 Å². The Morgan fingerprint density at radius 3 is 2.08 bits per heavy atom. The highest BCUT2D eigenvalue weighted by atomic mass is 16.5. The second kappa shape index (κ2) is 11.3. The minimum Gasteiger partial charge on any atom is -0.480 e. The molecule has 9 heteroatoms. The summed E-state index contributed by atoms with van der Waals surface area (Å²) in [6.45, 7) is 7.69. The lowest BCUT2D eigenvalue weighted by molar-refractivity contribution is -0.139. The van der Waals surface area contributed by atoms with Crippen LogP contribution < -0.4 is 10.6 Å². The number of carbonyl (C=O) groups excluding carboxylic acids is 2. The van der Waals surface area contributed by atoms with Gasteiger partial charge in [0.15, 0.2) is 0 Å². The molecule has 0 spiro atoms. The van der Waals surface area contributed by atoms with E-state index in [-0.39, 0.29) is 17.7 Å². The Kier molecular flexibility index (Phi) is 7.90. The summed E-state index contributed by atoms with van der Waals surface area (Å²) in [6, 6.07) is 20.2. The van der Waals surface area contributed by atoms with E-state index in [0.29, 0.717) is 34.1 Å². The number of benzene rings is 3. The first-order valence-corrected chi connectivity index (χ1v) is 12.4. The van der Waals surface area contributed by atoms with Gasteiger partial charge < -0.3 is 20.3 Å². The van der Waals surface area contributed by atoms with E-state index >= 15 is 0 Å². The molecule has 0 fully saturated rings. The van der Waals surface area contributed by atoms with Gasteiger partial charge in [-0.1, -0.05) is 62.3 Å². The normalized spacial score (nSPS) is 12.0. The quantitative estimate of drug-likeness (QED) is 0.291. The first kappa shape index (κ1) is 27.3. The Balaban J connectivity index is 1.41. The molecule has 4 rings (SSSR count). The van der Waals surface area contributed by atoms with Crippen LogP contribution in [0.5, 0.6) is 0 Å². The van der Waals surface area contributed by atoms with Crippen LogP contribution in [0.4, 0.5) is 5.69 Å². The molecule has 1 unspecified atom stereocenters. The largest absolute Gasteiger partial charge is 0.480 e. The van der Waals surface area contributed by atoms with Crippen LogP contribution in [0.15, 0.2) is 77.3 Å². The second-order valence-corrected chi connectivity index (χ2v) is 10.3. The summed E-state index contributed by atoms with van der Waals surface area (Å²) < 4.78 is 5.39. The van der Waals surface area contributed by atoms with Crippen molar-refractivity contribution in [3.63, 3.8) is 0 Å². The molecule has 1 aromatic heterocycles. The third-order valence-electron chi connectivity index (χ3n) is 6.15. The van der Waals surface area contributed by atoms with Gasteiger partial charge in [0, 0.05) is 35.7 Å². The zero-order valence-corrected chi connectivity index (χ0v) is 22.2. The van der Waals surface area contributed by atoms with Gasteiger partial charge in [-0.3, -0.25) is 9.59 Å². The molecule has 1 heterocycles. The number of carboxylic acid groups (broad SMARTS) is 1. The molecule has 0 saturated heterocycles. The van der Waals surface area contributed by atoms with E-state index < -0.39 is 17.9 Å². The Hall–Kier alpha value is -4.79. The topological polar surface area (TPSA) is 134 Å². The Labute approximate surface area is 226 Å². The number of carboxylic acids is 1. The Bertz CT molecular complexity index is 1470. The van der Waals surface area contributed by atoms with Crippen molar-refractivity contribution in [2.45, 2.75) is 45.6 Å². The third kappa shape index (κ3) is 6.95. The molecule has 3 N–H and O–H groups in total. The smallest absolute Gasteiger partial charge is 0.326 e. The maximum atomic E-state index is 12.7. The van der Waals surface area contributed by atoms with Crippen LogP contribution in [-0.2, 0) is 21.4 Å². The van der Waals surface area contributed by atoms with Crippen molar-refractivity contribution in [3.8, 4) is 22.8 Å². The van der Waals surface area contributed by atoms with E-state index in [1.165, 1.54) is 6.92 Å². The number of anilines is 1. The number of rotatable bonds is 8. The predicted molar refractivity (Wildman–Crippen MR) is 147 cm³/mol. The molecular weight excluding hydrogens is 496 g/mol. The number of nitrogens with one attached hydrogen (secondary N) is 2. The fourth-order valence-electron chi connectivity index (χ4n) is 3.95. The second-order valence-electron chi connectivity index (χ2n) is 10.3. The van der Waals surface area contributed by atoms with Gasteiger partial charge in [-0.05, 0) is 52.9 Å². The molecule has 0 aliphatic carbocycles. The summed E-state index contributed by atoms with van der Waals surface area (Å²) in [7, 11) is 0. The highest BCUT2D eigenvalue weighted by molar-refractivity contribution is 5.96. The molecule has 39 heavy (non-hydrogen) atoms. The van der Waals surface area contributed by atoms with Crippen LogP contribution >= 0.6 is 0 Å². The number of carbonyl (C=O) groups is 3. The van der Waals surface area contributed by atoms with Crippen molar-refractivity contribution in [2.75, 3.05) is 5.32 Å². The van der Waals surface area contributed by atoms with Gasteiger partial charge in [-0.2, -0.15) is 4.98 Å². The average Bonchev–Trinajstić information content (AvgIpc) is 3.38. The van der Waals surface area contributed by atoms with E-state index in [9.17, 15) is 19.5 Å². The number of amides is 2. The first-order valence-electron chi connectivity index (χ1n) is 12.4. The molecule has 9 nitrogen and oxygen atoms in total. The highest BCUT2D eigenvalue weighted by Crippen LogP contribution is 2.25. The summed E-state index contributed by atoms with van der Waals surface area (Å²) in [5.74, 6) is -1.01. The van der Waals surface area contributed by atoms with Gasteiger partial charge >= 0.3 is 5.97 Å². The average molecular weight is 527 g/mol. The molecule has 200 valence electrons. The summed E-state index contributed by atoms with van der Waals surface area (Å²) in [5.41, 5.74) is 4.23. The summed E-state index contributed by atoms with van der Waals surface area (Å²) in [6.07, 6.45) is 0.111. The number of aromatic nitrogens is 2. The fraction of sp³-hybridized carbons (Fsp3) is 0.233. The summed E-state index contributed by atoms with van der Waals surface area (Å²) in [4.78, 5) is 40.2. The van der Waals surface area contributed by atoms with E-state index in [1.54, 1.807) is 60.7 Å². The summed E-state index contributed by atoms with van der Waals surface area (Å²) in [5, 5.41) is 19.1. The standard InChI is InChI=1S/C30H30N4O5/c1-18(35)31-24-15-11-22(12-16-24)28-33-26(34-39-28)20-7-5-19(6-8-20)17-25(29(37)38)32-27(36)21-9-13-23(14-10-21)30(2,3)4/h5-16,25H,17H2,1-4H3,(H,31,35)(H,32,36)(H,37,38). The van der Waals surface area contributed by atoms with Gasteiger partial charge in [0.1, 0.15) is 6.04 Å². The van der Waals surface area contributed by atoms with Crippen LogP contribution in [0, 0.1) is 0 Å². The van der Waals surface area contributed by atoms with Gasteiger partial charge in [0.2, 0.25) is 11.7 Å². The lowest BCUT2D eigenvalue weighted by Crippen LogP contribution is -2.42. The van der Waals surface area contributed by atoms with Gasteiger partial charge in [-0.25, -0.2) is 4.79 Å². The van der Waals surface area contributed by atoms with E-state index in [0.717, 1.165) is 11.1 Å².